The quantitative estimate of drug-likeness (QED) is 0.304. The lowest BCUT2D eigenvalue weighted by Gasteiger charge is -2.11. The van der Waals surface area contributed by atoms with Crippen molar-refractivity contribution in [2.75, 3.05) is 0 Å². The second-order valence-electron chi connectivity index (χ2n) is 6.24. The Labute approximate surface area is 131 Å². The maximum atomic E-state index is 2.34. The maximum absolute atomic E-state index is 2.34. The highest BCUT2D eigenvalue weighted by Crippen LogP contribution is 2.17. The van der Waals surface area contributed by atoms with E-state index in [0.29, 0.717) is 0 Å². The molecule has 0 unspecified atom stereocenters. The van der Waals surface area contributed by atoms with Crippen LogP contribution in [0, 0.1) is 0 Å². The van der Waals surface area contributed by atoms with Gasteiger partial charge in [-0.25, -0.2) is 0 Å². The van der Waals surface area contributed by atoms with E-state index in [-0.39, 0.29) is 14.1 Å². The number of hydrogen-bond acceptors (Lipinski definition) is 0. The van der Waals surface area contributed by atoms with Crippen molar-refractivity contribution in [2.45, 2.75) is 81.1 Å². The summed E-state index contributed by atoms with van der Waals surface area (Å²) in [5, 5.41) is 4.82. The molecule has 0 spiro atoms. The van der Waals surface area contributed by atoms with Gasteiger partial charge in [0.15, 0.2) is 0 Å². The third kappa shape index (κ3) is 8.83. The highest BCUT2D eigenvalue weighted by atomic mass is 27.2. The summed E-state index contributed by atoms with van der Waals surface area (Å²) in [6.45, 7) is 4.68. The maximum Gasteiger partial charge on any atom is 0.261 e. The van der Waals surface area contributed by atoms with Crippen LogP contribution in [0.15, 0.2) is 30.3 Å². The molecule has 0 saturated heterocycles. The molecule has 0 atom stereocenters. The Morgan fingerprint density at radius 2 is 1.30 bits per heavy atom. The van der Waals surface area contributed by atoms with Crippen LogP contribution in [0.5, 0.6) is 0 Å². The van der Waals surface area contributed by atoms with Gasteiger partial charge in [-0.05, 0) is 18.4 Å². The van der Waals surface area contributed by atoms with E-state index >= 15 is 0 Å². The predicted octanol–water partition coefficient (Wildman–Crippen LogP) is 6.49. The van der Waals surface area contributed by atoms with Gasteiger partial charge in [0.25, 0.3) is 14.1 Å². The molecule has 1 heteroatoms. The predicted molar refractivity (Wildman–Crippen MR) is 94.0 cm³/mol. The molecule has 0 fully saturated rings. The molecule has 0 nitrogen and oxygen atoms in total. The summed E-state index contributed by atoms with van der Waals surface area (Å²) in [6.07, 6.45) is 11.4. The second-order valence-corrected chi connectivity index (χ2v) is 9.70. The first kappa shape index (κ1) is 17.8. The van der Waals surface area contributed by atoms with Crippen LogP contribution in [0.3, 0.4) is 0 Å². The van der Waals surface area contributed by atoms with Gasteiger partial charge in [0.2, 0.25) is 0 Å². The van der Waals surface area contributed by atoms with Gasteiger partial charge in [0.05, 0.1) is 0 Å². The number of rotatable bonds is 12. The molecule has 0 bridgehead atoms. The van der Waals surface area contributed by atoms with Crippen LogP contribution < -0.4 is 0 Å². The van der Waals surface area contributed by atoms with Crippen molar-refractivity contribution in [2.24, 2.45) is 0 Å². The van der Waals surface area contributed by atoms with Crippen molar-refractivity contribution in [3.63, 3.8) is 0 Å². The van der Waals surface area contributed by atoms with Crippen LogP contribution in [0.1, 0.15) is 64.4 Å². The zero-order valence-corrected chi connectivity index (χ0v) is 14.9. The van der Waals surface area contributed by atoms with Crippen molar-refractivity contribution in [1.29, 1.82) is 0 Å². The van der Waals surface area contributed by atoms with Crippen molar-refractivity contribution < 1.29 is 0 Å². The largest absolute Gasteiger partial charge is 0.261 e. The topological polar surface area (TPSA) is 0 Å². The Bertz CT molecular complexity index is 299. The summed E-state index contributed by atoms with van der Waals surface area (Å²) in [7, 11) is 0. The minimum absolute atomic E-state index is 0.386. The van der Waals surface area contributed by atoms with Gasteiger partial charge < -0.3 is 0 Å². The summed E-state index contributed by atoms with van der Waals surface area (Å²) < 4.78 is 0. The fourth-order valence-electron chi connectivity index (χ4n) is 3.00. The molecule has 0 aliphatic heterocycles. The standard InChI is InChI=1S/C11H15.2C4H9.Al/c1-2-3-5-8-11-9-6-4-7-10-11;2*1-3-4-2;/h4,6-7,9-10H,1-3,5,8H2;2*1,3-4H2,2H3;. The van der Waals surface area contributed by atoms with E-state index in [9.17, 15) is 0 Å². The molecule has 0 N–H and O–H groups in total. The molecule has 0 amide bonds. The Hall–Kier alpha value is -0.248. The third-order valence-electron chi connectivity index (χ3n) is 4.35. The monoisotopic (exact) mass is 288 g/mol. The minimum atomic E-state index is -0.386. The first-order valence-corrected chi connectivity index (χ1v) is 11.4. The summed E-state index contributed by atoms with van der Waals surface area (Å²) in [5.74, 6) is 0. The zero-order valence-electron chi connectivity index (χ0n) is 13.7. The Morgan fingerprint density at radius 1 is 0.700 bits per heavy atom. The SMILES string of the molecule is CCC[CH2][Al]([CH2]CCC)[CH2]CCCCc1ccccc1. The molecular weight excluding hydrogens is 255 g/mol. The first-order chi connectivity index (χ1) is 9.86. The van der Waals surface area contributed by atoms with Crippen LogP contribution in [0.2, 0.25) is 15.8 Å². The molecule has 0 heterocycles. The van der Waals surface area contributed by atoms with Crippen molar-refractivity contribution in [1.82, 2.24) is 0 Å². The molecule has 0 aromatic heterocycles. The van der Waals surface area contributed by atoms with E-state index in [1.54, 1.807) is 15.8 Å². The Balaban J connectivity index is 2.09. The normalized spacial score (nSPS) is 10.7. The van der Waals surface area contributed by atoms with E-state index in [1.165, 1.54) is 56.9 Å². The molecule has 1 aromatic rings. The van der Waals surface area contributed by atoms with Gasteiger partial charge in [-0.15, -0.1) is 0 Å². The lowest BCUT2D eigenvalue weighted by Crippen LogP contribution is -2.11. The summed E-state index contributed by atoms with van der Waals surface area (Å²) >= 11 is -0.386. The summed E-state index contributed by atoms with van der Waals surface area (Å²) in [4.78, 5) is 0. The lowest BCUT2D eigenvalue weighted by molar-refractivity contribution is 0.708. The lowest BCUT2D eigenvalue weighted by atomic mass is 10.1. The van der Waals surface area contributed by atoms with E-state index in [4.69, 9.17) is 0 Å². The first-order valence-electron chi connectivity index (χ1n) is 8.90. The van der Waals surface area contributed by atoms with Gasteiger partial charge in [-0.1, -0.05) is 98.6 Å². The van der Waals surface area contributed by atoms with Gasteiger partial charge >= 0.3 is 0 Å². The molecule has 112 valence electrons. The minimum Gasteiger partial charge on any atom is -0.0939 e. The fraction of sp³-hybridized carbons (Fsp3) is 0.684. The molecule has 1 rings (SSSR count). The second kappa shape index (κ2) is 12.5. The van der Waals surface area contributed by atoms with E-state index in [0.717, 1.165) is 0 Å². The number of benzene rings is 1. The van der Waals surface area contributed by atoms with Crippen molar-refractivity contribution >= 4 is 14.1 Å². The average molecular weight is 288 g/mol. The summed E-state index contributed by atoms with van der Waals surface area (Å²) in [5.41, 5.74) is 1.51. The van der Waals surface area contributed by atoms with E-state index in [2.05, 4.69) is 44.2 Å². The highest BCUT2D eigenvalue weighted by Gasteiger charge is 2.14. The summed E-state index contributed by atoms with van der Waals surface area (Å²) in [6, 6.07) is 11.0. The molecule has 0 radical (unpaired) electrons. The number of hydrogen-bond donors (Lipinski definition) is 0. The van der Waals surface area contributed by atoms with Crippen LogP contribution in [0.4, 0.5) is 0 Å². The van der Waals surface area contributed by atoms with Crippen LogP contribution >= 0.6 is 0 Å². The third-order valence-corrected chi connectivity index (χ3v) is 8.03. The van der Waals surface area contributed by atoms with E-state index < -0.39 is 0 Å². The fourth-order valence-corrected chi connectivity index (χ4v) is 6.71. The highest BCUT2D eigenvalue weighted by molar-refractivity contribution is 6.58. The molecule has 20 heavy (non-hydrogen) atoms. The smallest absolute Gasteiger partial charge is 0.0939 e. The molecule has 0 aliphatic rings. The zero-order chi connectivity index (χ0) is 14.5. The van der Waals surface area contributed by atoms with Gasteiger partial charge in [-0.3, -0.25) is 0 Å². The Morgan fingerprint density at radius 3 is 1.90 bits per heavy atom. The molecular formula is C19H33Al. The molecule has 0 aliphatic carbocycles. The molecule has 0 saturated carbocycles. The number of unbranched alkanes of at least 4 members (excludes halogenated alkanes) is 4. The average Bonchev–Trinajstić information content (AvgIpc) is 2.50. The van der Waals surface area contributed by atoms with Crippen LogP contribution in [-0.4, -0.2) is 14.1 Å². The number of aryl methyl sites for hydroxylation is 1. The van der Waals surface area contributed by atoms with Gasteiger partial charge in [0.1, 0.15) is 0 Å². The van der Waals surface area contributed by atoms with Gasteiger partial charge in [0, 0.05) is 0 Å². The molecule has 1 aromatic carbocycles. The van der Waals surface area contributed by atoms with Crippen LogP contribution in [0.25, 0.3) is 0 Å². The van der Waals surface area contributed by atoms with Crippen molar-refractivity contribution in [3.8, 4) is 0 Å². The Kier molecular flexibility index (Phi) is 11.1. The van der Waals surface area contributed by atoms with Crippen LogP contribution in [-0.2, 0) is 6.42 Å². The van der Waals surface area contributed by atoms with Gasteiger partial charge in [-0.2, -0.15) is 0 Å². The van der Waals surface area contributed by atoms with Crippen molar-refractivity contribution in [3.05, 3.63) is 35.9 Å². The van der Waals surface area contributed by atoms with E-state index in [1.807, 2.05) is 0 Å².